The molecule has 2 aromatic heterocycles. The van der Waals surface area contributed by atoms with Crippen LogP contribution in [0, 0.1) is 0 Å². The molecule has 4 aromatic rings. The van der Waals surface area contributed by atoms with Crippen LogP contribution in [0.3, 0.4) is 0 Å². The lowest BCUT2D eigenvalue weighted by Crippen LogP contribution is -2.41. The van der Waals surface area contributed by atoms with Crippen LogP contribution in [-0.4, -0.2) is 32.0 Å². The number of nitrogens with one attached hydrogen (secondary N) is 4. The summed E-state index contributed by atoms with van der Waals surface area (Å²) in [6.07, 6.45) is 1.46. The third-order valence-electron chi connectivity index (χ3n) is 3.99. The van der Waals surface area contributed by atoms with Crippen molar-refractivity contribution in [3.8, 4) is 0 Å². The topological polar surface area (TPSA) is 116 Å². The molecule has 0 radical (unpaired) electrons. The minimum Gasteiger partial charge on any atom is -0.333 e. The Labute approximate surface area is 164 Å². The van der Waals surface area contributed by atoms with Gasteiger partial charge in [0.2, 0.25) is 0 Å². The maximum Gasteiger partial charge on any atom is 0.287 e. The van der Waals surface area contributed by atoms with Crippen molar-refractivity contribution < 1.29 is 9.59 Å². The molecular weight excluding hydrogens is 376 g/mol. The quantitative estimate of drug-likeness (QED) is 0.308. The van der Waals surface area contributed by atoms with Crippen LogP contribution in [0.15, 0.2) is 66.0 Å². The first-order valence-electron chi connectivity index (χ1n) is 8.45. The highest BCUT2D eigenvalue weighted by molar-refractivity contribution is 7.98. The molecule has 0 bridgehead atoms. The van der Waals surface area contributed by atoms with Crippen molar-refractivity contribution in [2.45, 2.75) is 10.9 Å². The zero-order valence-electron chi connectivity index (χ0n) is 14.6. The highest BCUT2D eigenvalue weighted by atomic mass is 32.2. The molecule has 4 N–H and O–H groups in total. The summed E-state index contributed by atoms with van der Waals surface area (Å²) in [5.74, 6) is -0.146. The predicted molar refractivity (Wildman–Crippen MR) is 106 cm³/mol. The minimum absolute atomic E-state index is 0.262. The Bertz CT molecular complexity index is 1070. The van der Waals surface area contributed by atoms with Gasteiger partial charge >= 0.3 is 0 Å². The van der Waals surface area contributed by atoms with Crippen LogP contribution in [0.5, 0.6) is 0 Å². The summed E-state index contributed by atoms with van der Waals surface area (Å²) >= 11 is 1.59. The van der Waals surface area contributed by atoms with Crippen LogP contribution in [0.25, 0.3) is 11.0 Å². The number of para-hydroxylation sites is 2. The van der Waals surface area contributed by atoms with E-state index in [0.717, 1.165) is 27.5 Å². The molecule has 4 rings (SSSR count). The van der Waals surface area contributed by atoms with E-state index in [9.17, 15) is 9.59 Å². The minimum atomic E-state index is -0.468. The molecule has 9 heteroatoms. The number of hydrazine groups is 1. The van der Waals surface area contributed by atoms with E-state index >= 15 is 0 Å². The van der Waals surface area contributed by atoms with Crippen molar-refractivity contribution in [3.63, 3.8) is 0 Å². The molecule has 0 spiro atoms. The number of rotatable bonds is 5. The highest BCUT2D eigenvalue weighted by Crippen LogP contribution is 2.23. The number of aromatic nitrogens is 4. The number of benzene rings is 2. The maximum absolute atomic E-state index is 12.1. The Morgan fingerprint density at radius 2 is 1.75 bits per heavy atom. The lowest BCUT2D eigenvalue weighted by molar-refractivity contribution is 0.0844. The van der Waals surface area contributed by atoms with E-state index in [4.69, 9.17) is 0 Å². The first-order chi connectivity index (χ1) is 13.7. The molecule has 0 saturated heterocycles. The van der Waals surface area contributed by atoms with Gasteiger partial charge in [0, 0.05) is 17.5 Å². The van der Waals surface area contributed by atoms with Gasteiger partial charge in [-0.05, 0) is 35.9 Å². The first-order valence-corrected chi connectivity index (χ1v) is 9.44. The number of amides is 2. The van der Waals surface area contributed by atoms with Crippen LogP contribution in [0.1, 0.15) is 26.4 Å². The lowest BCUT2D eigenvalue weighted by atomic mass is 10.1. The van der Waals surface area contributed by atoms with E-state index in [1.54, 1.807) is 23.9 Å². The summed E-state index contributed by atoms with van der Waals surface area (Å²) in [7, 11) is 0. The average Bonchev–Trinajstić information content (AvgIpc) is 3.40. The molecule has 8 nitrogen and oxygen atoms in total. The van der Waals surface area contributed by atoms with Crippen molar-refractivity contribution in [1.29, 1.82) is 0 Å². The number of H-pyrrole nitrogens is 2. The third-order valence-corrected chi connectivity index (χ3v) is 4.94. The van der Waals surface area contributed by atoms with Gasteiger partial charge < -0.3 is 4.98 Å². The summed E-state index contributed by atoms with van der Waals surface area (Å²) in [5.41, 5.74) is 8.42. The van der Waals surface area contributed by atoms with Crippen molar-refractivity contribution >= 4 is 34.6 Å². The largest absolute Gasteiger partial charge is 0.333 e. The normalized spacial score (nSPS) is 10.7. The number of imidazole rings is 1. The van der Waals surface area contributed by atoms with E-state index in [-0.39, 0.29) is 5.69 Å². The van der Waals surface area contributed by atoms with Crippen molar-refractivity contribution in [2.75, 3.05) is 0 Å². The van der Waals surface area contributed by atoms with Gasteiger partial charge in [0.05, 0.1) is 11.0 Å². The number of hydrogen-bond acceptors (Lipinski definition) is 5. The number of carbonyl (C=O) groups excluding carboxylic acids is 2. The van der Waals surface area contributed by atoms with Gasteiger partial charge in [0.25, 0.3) is 11.8 Å². The van der Waals surface area contributed by atoms with Crippen LogP contribution < -0.4 is 10.9 Å². The second-order valence-electron chi connectivity index (χ2n) is 5.92. The molecule has 140 valence electrons. The first kappa shape index (κ1) is 17.8. The van der Waals surface area contributed by atoms with Gasteiger partial charge in [-0.3, -0.25) is 25.5 Å². The maximum atomic E-state index is 12.1. The fourth-order valence-electron chi connectivity index (χ4n) is 2.54. The summed E-state index contributed by atoms with van der Waals surface area (Å²) in [5, 5.41) is 7.05. The van der Waals surface area contributed by atoms with Crippen LogP contribution >= 0.6 is 11.8 Å². The molecule has 2 aromatic carbocycles. The van der Waals surface area contributed by atoms with Gasteiger partial charge in [-0.15, -0.1) is 0 Å². The molecule has 0 aliphatic rings. The monoisotopic (exact) mass is 392 g/mol. The van der Waals surface area contributed by atoms with E-state index in [1.165, 1.54) is 12.3 Å². The van der Waals surface area contributed by atoms with Gasteiger partial charge in [0.1, 0.15) is 5.69 Å². The zero-order chi connectivity index (χ0) is 19.3. The van der Waals surface area contributed by atoms with E-state index < -0.39 is 11.8 Å². The number of nitrogens with zero attached hydrogens (tertiary/aromatic N) is 2. The number of thioether (sulfide) groups is 1. The van der Waals surface area contributed by atoms with E-state index in [1.807, 2.05) is 36.4 Å². The lowest BCUT2D eigenvalue weighted by Gasteiger charge is -2.07. The van der Waals surface area contributed by atoms with Gasteiger partial charge in [0.15, 0.2) is 5.16 Å². The molecular formula is C19H16N6O2S. The Kier molecular flexibility index (Phi) is 5.07. The second-order valence-corrected chi connectivity index (χ2v) is 6.89. The molecule has 0 saturated carbocycles. The Hall–Kier alpha value is -3.59. The SMILES string of the molecule is O=C(NNC(=O)c1ccn[nH]1)c1ccc(CSc2nc3ccccc3[nH]2)cc1. The molecule has 2 heterocycles. The molecule has 0 aliphatic heterocycles. The second kappa shape index (κ2) is 7.97. The molecule has 0 aliphatic carbocycles. The van der Waals surface area contributed by atoms with E-state index in [0.29, 0.717) is 5.56 Å². The number of aromatic amines is 2. The Morgan fingerprint density at radius 1 is 0.964 bits per heavy atom. The number of carbonyl (C=O) groups is 2. The summed E-state index contributed by atoms with van der Waals surface area (Å²) in [4.78, 5) is 31.7. The third kappa shape index (κ3) is 4.04. The number of hydrogen-bond donors (Lipinski definition) is 4. The standard InChI is InChI=1S/C19H16N6O2S/c26-17(24-25-18(27)16-9-10-20-23-16)13-7-5-12(6-8-13)11-28-19-21-14-3-1-2-4-15(14)22-19/h1-10H,11H2,(H,20,23)(H,21,22)(H,24,26)(H,25,27). The van der Waals surface area contributed by atoms with Crippen LogP contribution in [0.2, 0.25) is 0 Å². The van der Waals surface area contributed by atoms with Crippen LogP contribution in [0.4, 0.5) is 0 Å². The zero-order valence-corrected chi connectivity index (χ0v) is 15.4. The fraction of sp³-hybridized carbons (Fsp3) is 0.0526. The van der Waals surface area contributed by atoms with Crippen molar-refractivity contribution in [3.05, 3.63) is 77.6 Å². The number of fused-ring (bicyclic) bond motifs is 1. The van der Waals surface area contributed by atoms with Gasteiger partial charge in [-0.1, -0.05) is 36.0 Å². The molecule has 0 unspecified atom stereocenters. The van der Waals surface area contributed by atoms with Gasteiger partial charge in [-0.25, -0.2) is 4.98 Å². The van der Waals surface area contributed by atoms with E-state index in [2.05, 4.69) is 31.0 Å². The summed E-state index contributed by atoms with van der Waals surface area (Å²) in [6.45, 7) is 0. The predicted octanol–water partition coefficient (Wildman–Crippen LogP) is 2.65. The van der Waals surface area contributed by atoms with Gasteiger partial charge in [-0.2, -0.15) is 5.10 Å². The Morgan fingerprint density at radius 3 is 2.50 bits per heavy atom. The highest BCUT2D eigenvalue weighted by Gasteiger charge is 2.10. The fourth-order valence-corrected chi connectivity index (χ4v) is 3.38. The smallest absolute Gasteiger partial charge is 0.287 e. The van der Waals surface area contributed by atoms with Crippen molar-refractivity contribution in [2.24, 2.45) is 0 Å². The summed E-state index contributed by atoms with van der Waals surface area (Å²) in [6, 6.07) is 16.6. The molecule has 2 amide bonds. The average molecular weight is 392 g/mol. The molecule has 0 atom stereocenters. The van der Waals surface area contributed by atoms with Crippen molar-refractivity contribution in [1.82, 2.24) is 31.0 Å². The Balaban J connectivity index is 1.31. The van der Waals surface area contributed by atoms with Crippen LogP contribution in [-0.2, 0) is 5.75 Å². The molecule has 28 heavy (non-hydrogen) atoms. The molecule has 0 fully saturated rings. The summed E-state index contributed by atoms with van der Waals surface area (Å²) < 4.78 is 0.